The second-order valence-corrected chi connectivity index (χ2v) is 5.42. The van der Waals surface area contributed by atoms with Crippen molar-refractivity contribution >= 4 is 0 Å². The third kappa shape index (κ3) is 9.72. The van der Waals surface area contributed by atoms with Crippen LogP contribution in [-0.2, 0) is 26.5 Å². The maximum Gasteiger partial charge on any atom is 0.0267 e. The van der Waals surface area contributed by atoms with Crippen LogP contribution in [0.4, 0.5) is 0 Å². The molecular weight excluding hydrogens is 521 g/mol. The van der Waals surface area contributed by atoms with Crippen LogP contribution in [0, 0.1) is 12.1 Å². The Morgan fingerprint density at radius 3 is 1.93 bits per heavy atom. The molecule has 2 heterocycles. The van der Waals surface area contributed by atoms with Gasteiger partial charge in [0.2, 0.25) is 0 Å². The molecule has 0 aliphatic rings. The molecule has 143 valence electrons. The van der Waals surface area contributed by atoms with Gasteiger partial charge in [0.15, 0.2) is 0 Å². The van der Waals surface area contributed by atoms with Crippen LogP contribution in [0.2, 0.25) is 0 Å². The standard InChI is InChI=1S/C14H12N.C6H5.C5H5N.Ir/c1-2-5-12-7-9-13(10-8-12)14-6-3-4-11-15-14;2*1-2-4-6-5-3-1;/h2-4,6-9,11H,1,5H2;2*1-5H;/q2*-1;;. The van der Waals surface area contributed by atoms with E-state index in [1.165, 1.54) is 5.56 Å². The molecule has 2 aromatic carbocycles. The maximum atomic E-state index is 4.27. The first-order valence-corrected chi connectivity index (χ1v) is 8.69. The number of allylic oxidation sites excluding steroid dienone is 1. The van der Waals surface area contributed by atoms with Gasteiger partial charge in [0, 0.05) is 38.7 Å². The second-order valence-electron chi connectivity index (χ2n) is 5.42. The predicted octanol–water partition coefficient (Wildman–Crippen LogP) is 5.84. The van der Waals surface area contributed by atoms with E-state index in [0.29, 0.717) is 0 Å². The summed E-state index contributed by atoms with van der Waals surface area (Å²) in [5.74, 6) is 0. The van der Waals surface area contributed by atoms with Gasteiger partial charge in [0.05, 0.1) is 0 Å². The zero-order valence-corrected chi connectivity index (χ0v) is 17.9. The van der Waals surface area contributed by atoms with E-state index in [2.05, 4.69) is 34.7 Å². The smallest absolute Gasteiger partial charge is 0.0267 e. The molecule has 0 aliphatic heterocycles. The summed E-state index contributed by atoms with van der Waals surface area (Å²) in [4.78, 5) is 8.06. The fraction of sp³-hybridized carbons (Fsp3) is 0.0400. The minimum absolute atomic E-state index is 0. The zero-order valence-electron chi connectivity index (χ0n) is 15.5. The van der Waals surface area contributed by atoms with Gasteiger partial charge in [0.25, 0.3) is 0 Å². The largest absolute Gasteiger partial charge is 0.305 e. The molecule has 4 aromatic rings. The van der Waals surface area contributed by atoms with E-state index in [0.717, 1.165) is 17.7 Å². The summed E-state index contributed by atoms with van der Waals surface area (Å²) in [6.45, 7) is 3.71. The molecule has 3 heteroatoms. The van der Waals surface area contributed by atoms with Gasteiger partial charge in [-0.25, -0.2) is 0 Å². The molecule has 0 fully saturated rings. The minimum atomic E-state index is 0. The van der Waals surface area contributed by atoms with E-state index in [1.54, 1.807) is 18.6 Å². The molecule has 0 N–H and O–H groups in total. The summed E-state index contributed by atoms with van der Waals surface area (Å²) < 4.78 is 0. The van der Waals surface area contributed by atoms with Crippen LogP contribution in [0.3, 0.4) is 0 Å². The van der Waals surface area contributed by atoms with Crippen molar-refractivity contribution in [1.82, 2.24) is 9.97 Å². The van der Waals surface area contributed by atoms with Gasteiger partial charge in [-0.05, 0) is 30.3 Å². The average molecular weight is 543 g/mol. The van der Waals surface area contributed by atoms with Crippen LogP contribution in [0.25, 0.3) is 11.3 Å². The van der Waals surface area contributed by atoms with E-state index >= 15 is 0 Å². The van der Waals surface area contributed by atoms with Crippen molar-refractivity contribution in [2.45, 2.75) is 6.42 Å². The van der Waals surface area contributed by atoms with E-state index in [4.69, 9.17) is 0 Å². The normalized spacial score (nSPS) is 8.71. The Bertz CT molecular complexity index is 764. The molecule has 2 nitrogen and oxygen atoms in total. The molecule has 2 aromatic heterocycles. The third-order valence-electron chi connectivity index (χ3n) is 3.37. The SMILES string of the molecule is C=CCc1c[c-]c(-c2ccccn2)cc1.[Ir].[c-]1ccccc1.c1ccncc1. The average Bonchev–Trinajstić information content (AvgIpc) is 2.78. The van der Waals surface area contributed by atoms with Crippen molar-refractivity contribution in [3.8, 4) is 11.3 Å². The quantitative estimate of drug-likeness (QED) is 0.240. The molecular formula is C25H22IrN2-2. The van der Waals surface area contributed by atoms with E-state index < -0.39 is 0 Å². The topological polar surface area (TPSA) is 25.8 Å². The van der Waals surface area contributed by atoms with Gasteiger partial charge in [-0.15, -0.1) is 42.0 Å². The Balaban J connectivity index is 0.000000249. The summed E-state index contributed by atoms with van der Waals surface area (Å²) in [6, 6.07) is 33.4. The van der Waals surface area contributed by atoms with E-state index in [9.17, 15) is 0 Å². The van der Waals surface area contributed by atoms with Crippen LogP contribution in [0.15, 0.2) is 116 Å². The summed E-state index contributed by atoms with van der Waals surface area (Å²) in [7, 11) is 0. The molecule has 0 spiro atoms. The second kappa shape index (κ2) is 15.2. The molecule has 4 rings (SSSR count). The van der Waals surface area contributed by atoms with Crippen LogP contribution >= 0.6 is 0 Å². The predicted molar refractivity (Wildman–Crippen MR) is 112 cm³/mol. The molecule has 0 aliphatic carbocycles. The number of pyridine rings is 2. The number of rotatable bonds is 3. The van der Waals surface area contributed by atoms with E-state index in [1.807, 2.05) is 84.9 Å². The van der Waals surface area contributed by atoms with Gasteiger partial charge in [0.1, 0.15) is 0 Å². The molecule has 0 saturated carbocycles. The first-order chi connectivity index (χ1) is 13.4. The summed E-state index contributed by atoms with van der Waals surface area (Å²) in [5.41, 5.74) is 3.22. The van der Waals surface area contributed by atoms with Crippen LogP contribution < -0.4 is 0 Å². The van der Waals surface area contributed by atoms with Crippen molar-refractivity contribution in [2.24, 2.45) is 0 Å². The van der Waals surface area contributed by atoms with Gasteiger partial charge in [-0.2, -0.15) is 36.4 Å². The first-order valence-electron chi connectivity index (χ1n) is 8.69. The summed E-state index contributed by atoms with van der Waals surface area (Å²) in [5, 5.41) is 0. The van der Waals surface area contributed by atoms with Crippen LogP contribution in [0.5, 0.6) is 0 Å². The molecule has 28 heavy (non-hydrogen) atoms. The Hall–Kier alpha value is -2.87. The monoisotopic (exact) mass is 543 g/mol. The molecule has 0 atom stereocenters. The van der Waals surface area contributed by atoms with Gasteiger partial charge < -0.3 is 4.98 Å². The van der Waals surface area contributed by atoms with Crippen molar-refractivity contribution < 1.29 is 20.1 Å². The summed E-state index contributed by atoms with van der Waals surface area (Å²) >= 11 is 0. The Kier molecular flexibility index (Phi) is 12.6. The Morgan fingerprint density at radius 2 is 1.54 bits per heavy atom. The van der Waals surface area contributed by atoms with E-state index in [-0.39, 0.29) is 20.1 Å². The number of hydrogen-bond donors (Lipinski definition) is 0. The number of benzene rings is 2. The number of aromatic nitrogens is 2. The third-order valence-corrected chi connectivity index (χ3v) is 3.37. The fourth-order valence-corrected chi connectivity index (χ4v) is 2.09. The molecule has 0 unspecified atom stereocenters. The number of hydrogen-bond acceptors (Lipinski definition) is 2. The molecule has 0 saturated heterocycles. The Morgan fingerprint density at radius 1 is 0.821 bits per heavy atom. The van der Waals surface area contributed by atoms with Gasteiger partial charge in [-0.1, -0.05) is 24.3 Å². The minimum Gasteiger partial charge on any atom is -0.305 e. The van der Waals surface area contributed by atoms with Gasteiger partial charge in [-0.3, -0.25) is 4.98 Å². The maximum absolute atomic E-state index is 4.27. The van der Waals surface area contributed by atoms with Crippen LogP contribution in [-0.4, -0.2) is 9.97 Å². The van der Waals surface area contributed by atoms with Gasteiger partial charge >= 0.3 is 0 Å². The summed E-state index contributed by atoms with van der Waals surface area (Å²) in [6.07, 6.45) is 8.07. The molecule has 1 radical (unpaired) electrons. The first kappa shape index (κ1) is 23.2. The van der Waals surface area contributed by atoms with Crippen LogP contribution in [0.1, 0.15) is 5.56 Å². The Labute approximate surface area is 181 Å². The van der Waals surface area contributed by atoms with Crippen molar-refractivity contribution in [1.29, 1.82) is 0 Å². The van der Waals surface area contributed by atoms with Crippen molar-refractivity contribution in [3.63, 3.8) is 0 Å². The van der Waals surface area contributed by atoms with Crippen molar-refractivity contribution in [2.75, 3.05) is 0 Å². The fourth-order valence-electron chi connectivity index (χ4n) is 2.09. The van der Waals surface area contributed by atoms with Crippen molar-refractivity contribution in [3.05, 3.63) is 134 Å². The molecule has 0 amide bonds. The molecule has 0 bridgehead atoms. The zero-order chi connectivity index (χ0) is 19.0. The number of nitrogens with zero attached hydrogens (tertiary/aromatic N) is 2.